The maximum atomic E-state index is 14.3. The smallest absolute Gasteiger partial charge is 0.191 e. The highest BCUT2D eigenvalue weighted by molar-refractivity contribution is 5.80. The molecule has 1 aromatic carbocycles. The lowest BCUT2D eigenvalue weighted by Gasteiger charge is -2.38. The third-order valence-corrected chi connectivity index (χ3v) is 5.05. The molecule has 3 N–H and O–H groups in total. The van der Waals surface area contributed by atoms with Crippen molar-refractivity contribution in [2.45, 2.75) is 32.7 Å². The van der Waals surface area contributed by atoms with Crippen molar-refractivity contribution < 1.29 is 19.0 Å². The molecule has 1 aliphatic carbocycles. The van der Waals surface area contributed by atoms with Gasteiger partial charge < -0.3 is 25.2 Å². The van der Waals surface area contributed by atoms with Gasteiger partial charge in [-0.05, 0) is 50.3 Å². The molecule has 1 unspecified atom stereocenters. The van der Waals surface area contributed by atoms with Crippen LogP contribution in [-0.2, 0) is 4.74 Å². The van der Waals surface area contributed by atoms with Gasteiger partial charge in [0.05, 0.1) is 44.4 Å². The van der Waals surface area contributed by atoms with Crippen LogP contribution in [0.25, 0.3) is 0 Å². The third-order valence-electron chi connectivity index (χ3n) is 5.05. The zero-order valence-electron chi connectivity index (χ0n) is 16.1. The SMILES string of the molecule is CCNC(=NCC1(CO)COC1)NC(C)c1ccc(OCC2CC2)c(F)c1. The van der Waals surface area contributed by atoms with Crippen LogP contribution in [0.4, 0.5) is 4.39 Å². The Morgan fingerprint density at radius 3 is 2.78 bits per heavy atom. The Bertz CT molecular complexity index is 654. The Hall–Kier alpha value is -1.86. The zero-order chi connectivity index (χ0) is 19.3. The predicted octanol–water partition coefficient (Wildman–Crippen LogP) is 2.24. The third kappa shape index (κ3) is 5.32. The molecule has 1 saturated carbocycles. The van der Waals surface area contributed by atoms with Crippen LogP contribution in [0.1, 0.15) is 38.3 Å². The summed E-state index contributed by atoms with van der Waals surface area (Å²) in [7, 11) is 0. The fraction of sp³-hybridized carbons (Fsp3) is 0.650. The van der Waals surface area contributed by atoms with Crippen LogP contribution in [0.2, 0.25) is 0 Å². The van der Waals surface area contributed by atoms with Crippen LogP contribution in [-0.4, -0.2) is 50.6 Å². The first kappa shape index (κ1) is 19.9. The van der Waals surface area contributed by atoms with Gasteiger partial charge >= 0.3 is 0 Å². The van der Waals surface area contributed by atoms with Crippen LogP contribution in [0.3, 0.4) is 0 Å². The Morgan fingerprint density at radius 1 is 1.44 bits per heavy atom. The minimum atomic E-state index is -0.338. The van der Waals surface area contributed by atoms with E-state index >= 15 is 0 Å². The van der Waals surface area contributed by atoms with Gasteiger partial charge in [-0.25, -0.2) is 4.39 Å². The molecule has 6 nitrogen and oxygen atoms in total. The molecule has 0 spiro atoms. The standard InChI is InChI=1S/C20H30FN3O3/c1-3-22-19(23-10-20(11-25)12-26-13-20)24-14(2)16-6-7-18(17(21)8-16)27-9-15-4-5-15/h6-8,14-15,25H,3-5,9-13H2,1-2H3,(H2,22,23,24). The Labute approximate surface area is 160 Å². The maximum absolute atomic E-state index is 14.3. The van der Waals surface area contributed by atoms with Crippen LogP contribution >= 0.6 is 0 Å². The maximum Gasteiger partial charge on any atom is 0.191 e. The molecule has 1 aliphatic heterocycles. The van der Waals surface area contributed by atoms with Gasteiger partial charge in [-0.3, -0.25) is 4.99 Å². The van der Waals surface area contributed by atoms with Gasteiger partial charge in [-0.2, -0.15) is 0 Å². The second-order valence-corrected chi connectivity index (χ2v) is 7.66. The normalized spacial score (nSPS) is 19.9. The predicted molar refractivity (Wildman–Crippen MR) is 102 cm³/mol. The van der Waals surface area contributed by atoms with E-state index in [-0.39, 0.29) is 23.9 Å². The monoisotopic (exact) mass is 379 g/mol. The summed E-state index contributed by atoms with van der Waals surface area (Å²) in [5.74, 6) is 1.20. The van der Waals surface area contributed by atoms with Crippen LogP contribution < -0.4 is 15.4 Å². The number of hydrogen-bond donors (Lipinski definition) is 3. The number of nitrogens with zero attached hydrogens (tertiary/aromatic N) is 1. The molecule has 27 heavy (non-hydrogen) atoms. The lowest BCUT2D eigenvalue weighted by atomic mass is 9.87. The topological polar surface area (TPSA) is 75.1 Å². The zero-order valence-corrected chi connectivity index (χ0v) is 16.1. The first-order valence-electron chi connectivity index (χ1n) is 9.71. The van der Waals surface area contributed by atoms with Gasteiger partial charge in [0, 0.05) is 6.54 Å². The number of benzene rings is 1. The molecule has 3 rings (SSSR count). The second kappa shape index (κ2) is 8.89. The molecule has 2 fully saturated rings. The molecule has 150 valence electrons. The summed E-state index contributed by atoms with van der Waals surface area (Å²) in [6.45, 7) is 6.83. The van der Waals surface area contributed by atoms with Crippen molar-refractivity contribution in [3.63, 3.8) is 0 Å². The fourth-order valence-electron chi connectivity index (χ4n) is 2.87. The average molecular weight is 379 g/mol. The largest absolute Gasteiger partial charge is 0.490 e. The molecule has 0 radical (unpaired) electrons. The number of halogens is 1. The van der Waals surface area contributed by atoms with Crippen molar-refractivity contribution in [1.82, 2.24) is 10.6 Å². The van der Waals surface area contributed by atoms with Crippen molar-refractivity contribution in [3.8, 4) is 5.75 Å². The van der Waals surface area contributed by atoms with Gasteiger partial charge in [0.25, 0.3) is 0 Å². The van der Waals surface area contributed by atoms with E-state index in [1.54, 1.807) is 6.07 Å². The molecule has 1 saturated heterocycles. The highest BCUT2D eigenvalue weighted by Gasteiger charge is 2.38. The Morgan fingerprint density at radius 2 is 2.22 bits per heavy atom. The number of guanidine groups is 1. The van der Waals surface area contributed by atoms with E-state index in [9.17, 15) is 9.50 Å². The number of aliphatic hydroxyl groups excluding tert-OH is 1. The lowest BCUT2D eigenvalue weighted by Crippen LogP contribution is -2.49. The summed E-state index contributed by atoms with van der Waals surface area (Å²) in [5, 5.41) is 16.0. The molecule has 0 aromatic heterocycles. The summed E-state index contributed by atoms with van der Waals surface area (Å²) in [5.41, 5.74) is 0.541. The van der Waals surface area contributed by atoms with Crippen LogP contribution in [0.5, 0.6) is 5.75 Å². The van der Waals surface area contributed by atoms with Crippen LogP contribution in [0, 0.1) is 17.2 Å². The van der Waals surface area contributed by atoms with Gasteiger partial charge in [-0.15, -0.1) is 0 Å². The van der Waals surface area contributed by atoms with Crippen molar-refractivity contribution in [2.75, 3.05) is 39.5 Å². The molecule has 1 heterocycles. The molecule has 0 amide bonds. The number of nitrogens with one attached hydrogen (secondary N) is 2. The Balaban J connectivity index is 1.60. The number of hydrogen-bond acceptors (Lipinski definition) is 4. The molecule has 2 aliphatic rings. The number of ether oxygens (including phenoxy) is 2. The average Bonchev–Trinajstić information content (AvgIpc) is 3.44. The van der Waals surface area contributed by atoms with Crippen LogP contribution in [0.15, 0.2) is 23.2 Å². The van der Waals surface area contributed by atoms with Gasteiger partial charge in [0.1, 0.15) is 0 Å². The fourth-order valence-corrected chi connectivity index (χ4v) is 2.87. The summed E-state index contributed by atoms with van der Waals surface area (Å²) in [6.07, 6.45) is 2.35. The van der Waals surface area contributed by atoms with E-state index < -0.39 is 0 Å². The van der Waals surface area contributed by atoms with E-state index in [4.69, 9.17) is 9.47 Å². The molecular formula is C20H30FN3O3. The quantitative estimate of drug-likeness (QED) is 0.453. The minimum Gasteiger partial charge on any atom is -0.490 e. The highest BCUT2D eigenvalue weighted by atomic mass is 19.1. The first-order chi connectivity index (χ1) is 13.0. The van der Waals surface area contributed by atoms with E-state index in [0.717, 1.165) is 5.56 Å². The number of aliphatic imine (C=N–C) groups is 1. The highest BCUT2D eigenvalue weighted by Crippen LogP contribution is 2.31. The molecule has 1 aromatic rings. The van der Waals surface area contributed by atoms with Crippen molar-refractivity contribution in [1.29, 1.82) is 0 Å². The van der Waals surface area contributed by atoms with Crippen molar-refractivity contribution >= 4 is 5.96 Å². The molecule has 1 atom stereocenters. The number of rotatable bonds is 9. The molecule has 7 heteroatoms. The molecule has 0 bridgehead atoms. The molecular weight excluding hydrogens is 349 g/mol. The van der Waals surface area contributed by atoms with E-state index in [1.165, 1.54) is 18.9 Å². The van der Waals surface area contributed by atoms with Crippen molar-refractivity contribution in [2.24, 2.45) is 16.3 Å². The van der Waals surface area contributed by atoms with Gasteiger partial charge in [0.2, 0.25) is 0 Å². The van der Waals surface area contributed by atoms with Gasteiger partial charge in [0.15, 0.2) is 17.5 Å². The lowest BCUT2D eigenvalue weighted by molar-refractivity contribution is -0.130. The van der Waals surface area contributed by atoms with E-state index in [2.05, 4.69) is 15.6 Å². The summed E-state index contributed by atoms with van der Waals surface area (Å²) in [6, 6.07) is 4.96. The minimum absolute atomic E-state index is 0.0546. The summed E-state index contributed by atoms with van der Waals surface area (Å²) < 4.78 is 25.1. The van der Waals surface area contributed by atoms with Crippen molar-refractivity contribution in [3.05, 3.63) is 29.6 Å². The first-order valence-corrected chi connectivity index (χ1v) is 9.71. The summed E-state index contributed by atoms with van der Waals surface area (Å²) >= 11 is 0. The van der Waals surface area contributed by atoms with Gasteiger partial charge in [-0.1, -0.05) is 6.07 Å². The Kier molecular flexibility index (Phi) is 6.55. The van der Waals surface area contributed by atoms with E-state index in [1.807, 2.05) is 19.9 Å². The number of aliphatic hydroxyl groups is 1. The summed E-state index contributed by atoms with van der Waals surface area (Å²) in [4.78, 5) is 4.58. The second-order valence-electron chi connectivity index (χ2n) is 7.66. The van der Waals surface area contributed by atoms with E-state index in [0.29, 0.717) is 50.5 Å².